The van der Waals surface area contributed by atoms with Crippen molar-refractivity contribution in [1.82, 2.24) is 10.3 Å². The van der Waals surface area contributed by atoms with Crippen LogP contribution in [0, 0.1) is 6.92 Å². The van der Waals surface area contributed by atoms with Crippen molar-refractivity contribution in [3.05, 3.63) is 21.3 Å². The Balaban J connectivity index is 1.66. The third-order valence-corrected chi connectivity index (χ3v) is 6.49. The number of aliphatic imine (C=N–C) groups is 1. The number of piperidine rings is 1. The fourth-order valence-electron chi connectivity index (χ4n) is 3.52. The Kier molecular flexibility index (Phi) is 6.92. The van der Waals surface area contributed by atoms with Crippen LogP contribution in [-0.2, 0) is 9.53 Å². The van der Waals surface area contributed by atoms with Crippen LogP contribution in [0.2, 0.25) is 0 Å². The van der Waals surface area contributed by atoms with Crippen molar-refractivity contribution >= 4 is 45.7 Å². The number of thiazole rings is 1. The first-order chi connectivity index (χ1) is 13.8. The Bertz CT molecular complexity index is 866. The summed E-state index contributed by atoms with van der Waals surface area (Å²) in [7, 11) is 0. The van der Waals surface area contributed by atoms with Gasteiger partial charge in [0.05, 0.1) is 12.1 Å². The molecule has 0 radical (unpaired) electrons. The van der Waals surface area contributed by atoms with Gasteiger partial charge in [0.1, 0.15) is 10.9 Å². The van der Waals surface area contributed by atoms with Gasteiger partial charge in [-0.3, -0.25) is 4.79 Å². The highest BCUT2D eigenvalue weighted by Gasteiger charge is 2.34. The highest BCUT2D eigenvalue weighted by molar-refractivity contribution is 7.15. The summed E-state index contributed by atoms with van der Waals surface area (Å²) in [4.78, 5) is 35.1. The average Bonchev–Trinajstić information content (AvgIpc) is 3.26. The second kappa shape index (κ2) is 9.23. The number of carbonyl (C=O) groups excluding carboxylic acids is 1. The van der Waals surface area contributed by atoms with E-state index >= 15 is 0 Å². The summed E-state index contributed by atoms with van der Waals surface area (Å²) in [6, 6.07) is -0.161. The van der Waals surface area contributed by atoms with E-state index in [0.717, 1.165) is 12.0 Å². The molecule has 0 spiro atoms. The number of carbonyl (C=O) groups is 2. The van der Waals surface area contributed by atoms with Crippen molar-refractivity contribution in [1.29, 1.82) is 0 Å². The monoisotopic (exact) mass is 440 g/mol. The molecule has 0 saturated carbocycles. The molecule has 2 atom stereocenters. The topological polar surface area (TPSA) is 104 Å². The fraction of sp³-hybridized carbons (Fsp3) is 0.579. The number of hydrogen-bond acceptors (Lipinski definition) is 7. The average molecular weight is 441 g/mol. The highest BCUT2D eigenvalue weighted by atomic mass is 35.5. The van der Waals surface area contributed by atoms with Crippen molar-refractivity contribution < 1.29 is 19.4 Å². The Morgan fingerprint density at radius 1 is 1.41 bits per heavy atom. The molecule has 29 heavy (non-hydrogen) atoms. The molecule has 1 fully saturated rings. The molecular formula is C19H25ClN4O4S. The number of aryl methyl sites for hydroxylation is 1. The van der Waals surface area contributed by atoms with E-state index in [4.69, 9.17) is 16.3 Å². The predicted octanol–water partition coefficient (Wildman–Crippen LogP) is 2.95. The van der Waals surface area contributed by atoms with E-state index in [9.17, 15) is 14.7 Å². The maximum absolute atomic E-state index is 12.7. The van der Waals surface area contributed by atoms with Crippen LogP contribution in [0.4, 0.5) is 5.13 Å². The first-order valence-electron chi connectivity index (χ1n) is 9.67. The number of allylic oxidation sites excluding steroid dienone is 1. The Morgan fingerprint density at radius 2 is 2.17 bits per heavy atom. The standard InChI is InChI=1S/C19H25ClN4O4S/c1-4-11-8-13(21-16(11)20)17(25)22-12-6-7-24(9-14(12)28-5-2)19-23-15(18(26)27)10(3)29-19/h12,14H,4-9H2,1-3H3,(H,22,25)(H,26,27)/t12-,14+/m1/s1. The molecule has 1 amide bonds. The smallest absolute Gasteiger partial charge is 0.355 e. The van der Waals surface area contributed by atoms with Gasteiger partial charge in [-0.1, -0.05) is 18.5 Å². The Labute approximate surface area is 178 Å². The minimum atomic E-state index is -1.02. The third kappa shape index (κ3) is 4.79. The molecule has 0 bridgehead atoms. The minimum absolute atomic E-state index is 0.0868. The summed E-state index contributed by atoms with van der Waals surface area (Å²) in [6.07, 6.45) is 1.68. The molecule has 1 saturated heterocycles. The van der Waals surface area contributed by atoms with E-state index in [2.05, 4.69) is 15.3 Å². The molecule has 2 aliphatic rings. The number of ether oxygens (including phenoxy) is 1. The Morgan fingerprint density at radius 3 is 2.76 bits per heavy atom. The molecule has 2 N–H and O–H groups in total. The molecule has 158 valence electrons. The first-order valence-corrected chi connectivity index (χ1v) is 10.9. The van der Waals surface area contributed by atoms with Gasteiger partial charge in [-0.2, -0.15) is 0 Å². The number of carboxylic acids is 1. The van der Waals surface area contributed by atoms with E-state index in [-0.39, 0.29) is 23.7 Å². The number of carboxylic acid groups (broad SMARTS) is 1. The van der Waals surface area contributed by atoms with E-state index in [1.807, 2.05) is 18.7 Å². The van der Waals surface area contributed by atoms with Gasteiger partial charge in [-0.05, 0) is 32.3 Å². The van der Waals surface area contributed by atoms with Gasteiger partial charge in [0.15, 0.2) is 10.8 Å². The molecule has 1 aromatic heterocycles. The van der Waals surface area contributed by atoms with Crippen LogP contribution in [0.15, 0.2) is 15.7 Å². The van der Waals surface area contributed by atoms with E-state index in [1.54, 1.807) is 6.92 Å². The van der Waals surface area contributed by atoms with Gasteiger partial charge in [0.2, 0.25) is 0 Å². The summed E-state index contributed by atoms with van der Waals surface area (Å²) < 4.78 is 5.89. The zero-order valence-corrected chi connectivity index (χ0v) is 18.3. The van der Waals surface area contributed by atoms with Crippen LogP contribution in [-0.4, -0.2) is 59.5 Å². The lowest BCUT2D eigenvalue weighted by molar-refractivity contribution is -0.117. The van der Waals surface area contributed by atoms with Crippen LogP contribution in [0.25, 0.3) is 0 Å². The molecule has 3 heterocycles. The number of aromatic carboxylic acids is 1. The number of amides is 1. The summed E-state index contributed by atoms with van der Waals surface area (Å²) in [5.41, 5.74) is 1.50. The normalized spacial score (nSPS) is 22.1. The maximum Gasteiger partial charge on any atom is 0.355 e. The molecule has 0 aromatic carbocycles. The molecule has 2 aliphatic heterocycles. The number of nitrogens with one attached hydrogen (secondary N) is 1. The van der Waals surface area contributed by atoms with E-state index in [1.165, 1.54) is 11.3 Å². The molecule has 1 aromatic rings. The summed E-state index contributed by atoms with van der Waals surface area (Å²) in [5.74, 6) is -1.24. The number of hydrogen-bond donors (Lipinski definition) is 2. The largest absolute Gasteiger partial charge is 0.476 e. The van der Waals surface area contributed by atoms with E-state index < -0.39 is 5.97 Å². The molecule has 0 unspecified atom stereocenters. The van der Waals surface area contributed by atoms with Gasteiger partial charge in [0, 0.05) is 31.0 Å². The zero-order valence-electron chi connectivity index (χ0n) is 16.7. The lowest BCUT2D eigenvalue weighted by Crippen LogP contribution is -2.56. The predicted molar refractivity (Wildman–Crippen MR) is 113 cm³/mol. The number of anilines is 1. The number of halogens is 1. The molecular weight excluding hydrogens is 416 g/mol. The second-order valence-corrected chi connectivity index (χ2v) is 8.54. The lowest BCUT2D eigenvalue weighted by atomic mass is 10.0. The lowest BCUT2D eigenvalue weighted by Gasteiger charge is -2.38. The van der Waals surface area contributed by atoms with Crippen molar-refractivity contribution in [2.45, 2.75) is 52.2 Å². The van der Waals surface area contributed by atoms with Crippen molar-refractivity contribution in [3.63, 3.8) is 0 Å². The Hall–Kier alpha value is -1.97. The molecule has 0 aliphatic carbocycles. The van der Waals surface area contributed by atoms with Gasteiger partial charge in [-0.25, -0.2) is 14.8 Å². The van der Waals surface area contributed by atoms with E-state index in [0.29, 0.717) is 53.4 Å². The number of aromatic nitrogens is 1. The van der Waals surface area contributed by atoms with Gasteiger partial charge in [-0.15, -0.1) is 11.3 Å². The maximum atomic E-state index is 12.7. The van der Waals surface area contributed by atoms with Crippen LogP contribution < -0.4 is 10.2 Å². The van der Waals surface area contributed by atoms with Crippen molar-refractivity contribution in [2.75, 3.05) is 24.6 Å². The van der Waals surface area contributed by atoms with Crippen LogP contribution in [0.3, 0.4) is 0 Å². The van der Waals surface area contributed by atoms with Gasteiger partial charge >= 0.3 is 5.97 Å². The number of nitrogens with zero attached hydrogens (tertiary/aromatic N) is 3. The minimum Gasteiger partial charge on any atom is -0.476 e. The third-order valence-electron chi connectivity index (χ3n) is 5.11. The summed E-state index contributed by atoms with van der Waals surface area (Å²) in [5, 5.41) is 13.4. The first kappa shape index (κ1) is 21.7. The van der Waals surface area contributed by atoms with Crippen LogP contribution >= 0.6 is 22.9 Å². The van der Waals surface area contributed by atoms with Crippen LogP contribution in [0.5, 0.6) is 0 Å². The second-order valence-electron chi connectivity index (χ2n) is 7.00. The molecule has 10 heteroatoms. The van der Waals surface area contributed by atoms with Crippen molar-refractivity contribution in [2.24, 2.45) is 4.99 Å². The fourth-order valence-corrected chi connectivity index (χ4v) is 4.76. The van der Waals surface area contributed by atoms with Crippen molar-refractivity contribution in [3.8, 4) is 0 Å². The zero-order chi connectivity index (χ0) is 21.1. The van der Waals surface area contributed by atoms with Gasteiger partial charge in [0.25, 0.3) is 5.91 Å². The molecule has 3 rings (SSSR count). The summed E-state index contributed by atoms with van der Waals surface area (Å²) >= 11 is 7.46. The highest BCUT2D eigenvalue weighted by Crippen LogP contribution is 2.29. The molecule has 8 nitrogen and oxygen atoms in total. The number of rotatable bonds is 7. The SMILES string of the molecule is CCO[C@H]1CN(c2nc(C(=O)O)c(C)s2)CC[C@H]1NC(=O)C1=NC(Cl)=C(CC)C1. The van der Waals surface area contributed by atoms with Gasteiger partial charge < -0.3 is 20.1 Å². The quantitative estimate of drug-likeness (QED) is 0.631. The van der Waals surface area contributed by atoms with Crippen LogP contribution in [0.1, 0.15) is 48.5 Å². The summed E-state index contributed by atoms with van der Waals surface area (Å²) in [6.45, 7) is 7.33.